The third kappa shape index (κ3) is 2.16. The summed E-state index contributed by atoms with van der Waals surface area (Å²) in [4.78, 5) is 3.66. The van der Waals surface area contributed by atoms with Gasteiger partial charge in [0.15, 0.2) is 0 Å². The van der Waals surface area contributed by atoms with Crippen LogP contribution in [0.2, 0.25) is 0 Å². The molecule has 18 heavy (non-hydrogen) atoms. The van der Waals surface area contributed by atoms with Gasteiger partial charge in [-0.1, -0.05) is 6.07 Å². The molecule has 4 nitrogen and oxygen atoms in total. The quantitative estimate of drug-likeness (QED) is 0.631. The van der Waals surface area contributed by atoms with Crippen LogP contribution in [0.4, 0.5) is 4.39 Å². The molecule has 0 saturated carbocycles. The third-order valence-corrected chi connectivity index (χ3v) is 3.63. The minimum absolute atomic E-state index is 0.244. The van der Waals surface area contributed by atoms with Crippen molar-refractivity contribution < 1.29 is 18.8 Å². The Balaban J connectivity index is 2.35. The molecule has 0 unspecified atom stereocenters. The van der Waals surface area contributed by atoms with E-state index < -0.39 is 24.3 Å². The van der Waals surface area contributed by atoms with Crippen molar-refractivity contribution in [2.24, 2.45) is 0 Å². The predicted octanol–water partition coefficient (Wildman–Crippen LogP) is 1.01. The molecule has 1 saturated heterocycles. The third-order valence-electron chi connectivity index (χ3n) is 3.63. The SMILES string of the molecule is CC1(C)OB(c2ccc(F)nc2CO)OC1(C)C. The number of aliphatic hydroxyl groups is 1. The van der Waals surface area contributed by atoms with Crippen LogP contribution in [0, 0.1) is 5.95 Å². The zero-order valence-electron chi connectivity index (χ0n) is 11.0. The van der Waals surface area contributed by atoms with Gasteiger partial charge in [0.1, 0.15) is 0 Å². The lowest BCUT2D eigenvalue weighted by atomic mass is 9.78. The van der Waals surface area contributed by atoms with E-state index in [1.165, 1.54) is 12.1 Å². The van der Waals surface area contributed by atoms with E-state index in [0.717, 1.165) is 0 Å². The largest absolute Gasteiger partial charge is 0.496 e. The summed E-state index contributed by atoms with van der Waals surface area (Å²) in [7, 11) is -0.634. The van der Waals surface area contributed by atoms with Gasteiger partial charge in [0.2, 0.25) is 5.95 Å². The monoisotopic (exact) mass is 253 g/mol. The standard InChI is InChI=1S/C12H17BFNO3/c1-11(2)12(3,4)18-13(17-11)8-5-6-10(14)15-9(8)7-16/h5-6,16H,7H2,1-4H3. The number of aliphatic hydroxyl groups excluding tert-OH is 1. The molecule has 1 aromatic heterocycles. The average Bonchev–Trinajstić information content (AvgIpc) is 2.47. The Morgan fingerprint density at radius 3 is 2.28 bits per heavy atom. The topological polar surface area (TPSA) is 51.6 Å². The van der Waals surface area contributed by atoms with Crippen molar-refractivity contribution in [1.29, 1.82) is 0 Å². The van der Waals surface area contributed by atoms with Crippen molar-refractivity contribution in [3.63, 3.8) is 0 Å². The minimum Gasteiger partial charge on any atom is -0.399 e. The molecule has 0 radical (unpaired) electrons. The fraction of sp³-hybridized carbons (Fsp3) is 0.583. The number of halogens is 1. The summed E-state index contributed by atoms with van der Waals surface area (Å²) >= 11 is 0. The van der Waals surface area contributed by atoms with Gasteiger partial charge >= 0.3 is 7.12 Å². The molecule has 1 aliphatic heterocycles. The lowest BCUT2D eigenvalue weighted by Gasteiger charge is -2.32. The van der Waals surface area contributed by atoms with E-state index in [4.69, 9.17) is 9.31 Å². The van der Waals surface area contributed by atoms with E-state index in [-0.39, 0.29) is 12.3 Å². The van der Waals surface area contributed by atoms with Crippen LogP contribution in [-0.4, -0.2) is 28.4 Å². The Bertz CT molecular complexity index is 449. The van der Waals surface area contributed by atoms with Crippen LogP contribution >= 0.6 is 0 Å². The Labute approximate surface area is 106 Å². The lowest BCUT2D eigenvalue weighted by molar-refractivity contribution is 0.00578. The van der Waals surface area contributed by atoms with E-state index in [1.54, 1.807) is 0 Å². The highest BCUT2D eigenvalue weighted by Crippen LogP contribution is 2.36. The number of pyridine rings is 1. The molecular formula is C12H17BFNO3. The lowest BCUT2D eigenvalue weighted by Crippen LogP contribution is -2.41. The summed E-state index contributed by atoms with van der Waals surface area (Å²) in [5.74, 6) is -0.626. The molecule has 0 amide bonds. The molecule has 0 atom stereocenters. The number of nitrogens with zero attached hydrogens (tertiary/aromatic N) is 1. The summed E-state index contributed by atoms with van der Waals surface area (Å²) in [6, 6.07) is 2.77. The molecule has 1 fully saturated rings. The van der Waals surface area contributed by atoms with Crippen molar-refractivity contribution in [1.82, 2.24) is 4.98 Å². The van der Waals surface area contributed by atoms with Crippen LogP contribution < -0.4 is 5.46 Å². The normalized spacial score (nSPS) is 21.3. The van der Waals surface area contributed by atoms with Crippen LogP contribution in [0.3, 0.4) is 0 Å². The van der Waals surface area contributed by atoms with E-state index >= 15 is 0 Å². The van der Waals surface area contributed by atoms with E-state index in [9.17, 15) is 9.50 Å². The van der Waals surface area contributed by atoms with Gasteiger partial charge < -0.3 is 14.4 Å². The Hall–Kier alpha value is -0.975. The van der Waals surface area contributed by atoms with E-state index in [0.29, 0.717) is 5.46 Å². The first-order chi connectivity index (χ1) is 8.27. The summed E-state index contributed by atoms with van der Waals surface area (Å²) in [6.07, 6.45) is 0. The van der Waals surface area contributed by atoms with Crippen LogP contribution in [-0.2, 0) is 15.9 Å². The molecular weight excluding hydrogens is 236 g/mol. The molecule has 1 aromatic rings. The molecule has 0 aliphatic carbocycles. The number of hydrogen-bond donors (Lipinski definition) is 1. The maximum Gasteiger partial charge on any atom is 0.496 e. The summed E-state index contributed by atoms with van der Waals surface area (Å²) < 4.78 is 24.7. The first kappa shape index (κ1) is 13.5. The highest BCUT2D eigenvalue weighted by molar-refractivity contribution is 6.62. The number of aromatic nitrogens is 1. The summed E-state index contributed by atoms with van der Waals surface area (Å²) in [6.45, 7) is 7.38. The smallest absolute Gasteiger partial charge is 0.399 e. The maximum atomic E-state index is 13.0. The first-order valence-corrected chi connectivity index (χ1v) is 5.88. The zero-order valence-corrected chi connectivity index (χ0v) is 11.0. The van der Waals surface area contributed by atoms with Gasteiger partial charge in [-0.15, -0.1) is 0 Å². The first-order valence-electron chi connectivity index (χ1n) is 5.88. The Morgan fingerprint density at radius 2 is 1.78 bits per heavy atom. The second kappa shape index (κ2) is 4.29. The van der Waals surface area contributed by atoms with Gasteiger partial charge in [0, 0.05) is 5.46 Å². The van der Waals surface area contributed by atoms with E-state index in [2.05, 4.69) is 4.98 Å². The fourth-order valence-corrected chi connectivity index (χ4v) is 1.80. The molecule has 2 heterocycles. The van der Waals surface area contributed by atoms with E-state index in [1.807, 2.05) is 27.7 Å². The predicted molar refractivity (Wildman–Crippen MR) is 65.8 cm³/mol. The molecule has 0 aromatic carbocycles. The van der Waals surface area contributed by atoms with Gasteiger partial charge in [-0.2, -0.15) is 4.39 Å². The second-order valence-electron chi connectivity index (χ2n) is 5.42. The Morgan fingerprint density at radius 1 is 1.22 bits per heavy atom. The summed E-state index contributed by atoms with van der Waals surface area (Å²) in [5.41, 5.74) is -0.136. The molecule has 6 heteroatoms. The maximum absolute atomic E-state index is 13.0. The van der Waals surface area contributed by atoms with Crippen LogP contribution in [0.25, 0.3) is 0 Å². The summed E-state index contributed by atoms with van der Waals surface area (Å²) in [5, 5.41) is 9.22. The fourth-order valence-electron chi connectivity index (χ4n) is 1.80. The second-order valence-corrected chi connectivity index (χ2v) is 5.42. The Kier molecular flexibility index (Phi) is 3.21. The molecule has 0 bridgehead atoms. The molecule has 1 N–H and O–H groups in total. The molecule has 98 valence electrons. The van der Waals surface area contributed by atoms with Crippen molar-refractivity contribution in [2.45, 2.75) is 45.5 Å². The highest BCUT2D eigenvalue weighted by atomic mass is 19.1. The van der Waals surface area contributed by atoms with Gasteiger partial charge in [0.25, 0.3) is 0 Å². The zero-order chi connectivity index (χ0) is 13.6. The average molecular weight is 253 g/mol. The van der Waals surface area contributed by atoms with Gasteiger partial charge in [-0.3, -0.25) is 0 Å². The van der Waals surface area contributed by atoms with Gasteiger partial charge in [0.05, 0.1) is 23.5 Å². The highest BCUT2D eigenvalue weighted by Gasteiger charge is 2.52. The molecule has 1 aliphatic rings. The van der Waals surface area contributed by atoms with Crippen molar-refractivity contribution in [3.8, 4) is 0 Å². The van der Waals surface area contributed by atoms with Crippen molar-refractivity contribution >= 4 is 12.6 Å². The molecule has 2 rings (SSSR count). The van der Waals surface area contributed by atoms with Crippen LogP contribution in [0.15, 0.2) is 12.1 Å². The number of rotatable bonds is 2. The molecule has 0 spiro atoms. The van der Waals surface area contributed by atoms with Gasteiger partial charge in [-0.05, 0) is 33.8 Å². The minimum atomic E-state index is -0.634. The van der Waals surface area contributed by atoms with Gasteiger partial charge in [-0.25, -0.2) is 4.98 Å². The van der Waals surface area contributed by atoms with Crippen LogP contribution in [0.1, 0.15) is 33.4 Å². The van der Waals surface area contributed by atoms with Crippen molar-refractivity contribution in [3.05, 3.63) is 23.8 Å². The number of hydrogen-bond acceptors (Lipinski definition) is 4. The van der Waals surface area contributed by atoms with Crippen LogP contribution in [0.5, 0.6) is 0 Å². The van der Waals surface area contributed by atoms with Crippen molar-refractivity contribution in [2.75, 3.05) is 0 Å².